The van der Waals surface area contributed by atoms with E-state index in [1.54, 1.807) is 14.2 Å². The Kier molecular flexibility index (Phi) is 4.48. The van der Waals surface area contributed by atoms with Gasteiger partial charge in [0.2, 0.25) is 0 Å². The van der Waals surface area contributed by atoms with Crippen LogP contribution in [-0.2, 0) is 0 Å². The molecular weight excluding hydrogens is 228 g/mol. The molecule has 1 aromatic rings. The maximum absolute atomic E-state index is 10.3. The molecule has 0 radical (unpaired) electrons. The third kappa shape index (κ3) is 2.96. The Labute approximate surface area is 109 Å². The topological polar surface area (TPSA) is 38.7 Å². The van der Waals surface area contributed by atoms with Gasteiger partial charge < -0.3 is 14.6 Å². The lowest BCUT2D eigenvalue weighted by molar-refractivity contribution is 0.141. The molecule has 1 N–H and O–H groups in total. The van der Waals surface area contributed by atoms with Gasteiger partial charge >= 0.3 is 0 Å². The second kappa shape index (κ2) is 6.10. The fraction of sp³-hybridized carbons (Fsp3) is 0.600. The minimum atomic E-state index is -0.436. The standard InChI is InChI=1S/C15H22O3/c1-17-12-7-8-13(15(10-12)18-2)14(16)9-11-5-3-4-6-11/h7-8,10-11,14,16H,3-6,9H2,1-2H3. The number of ether oxygens (including phenoxy) is 2. The second-order valence-corrected chi connectivity index (χ2v) is 5.01. The van der Waals surface area contributed by atoms with Crippen molar-refractivity contribution < 1.29 is 14.6 Å². The quantitative estimate of drug-likeness (QED) is 0.871. The minimum absolute atomic E-state index is 0.436. The average molecular weight is 250 g/mol. The van der Waals surface area contributed by atoms with Gasteiger partial charge in [-0.25, -0.2) is 0 Å². The van der Waals surface area contributed by atoms with Crippen molar-refractivity contribution in [1.82, 2.24) is 0 Å². The molecule has 0 bridgehead atoms. The van der Waals surface area contributed by atoms with Gasteiger partial charge in [0, 0.05) is 11.6 Å². The van der Waals surface area contributed by atoms with E-state index in [0.29, 0.717) is 11.7 Å². The van der Waals surface area contributed by atoms with Gasteiger partial charge in [-0.15, -0.1) is 0 Å². The number of aliphatic hydroxyl groups is 1. The van der Waals surface area contributed by atoms with Crippen molar-refractivity contribution in [1.29, 1.82) is 0 Å². The molecule has 0 aromatic heterocycles. The van der Waals surface area contributed by atoms with Crippen LogP contribution in [0.3, 0.4) is 0 Å². The first kappa shape index (κ1) is 13.2. The van der Waals surface area contributed by atoms with Gasteiger partial charge in [0.25, 0.3) is 0 Å². The number of methoxy groups -OCH3 is 2. The van der Waals surface area contributed by atoms with Crippen LogP contribution in [0, 0.1) is 5.92 Å². The summed E-state index contributed by atoms with van der Waals surface area (Å²) in [4.78, 5) is 0. The zero-order valence-electron chi connectivity index (χ0n) is 11.2. The highest BCUT2D eigenvalue weighted by molar-refractivity contribution is 5.41. The van der Waals surface area contributed by atoms with Gasteiger partial charge in [-0.05, 0) is 24.5 Å². The van der Waals surface area contributed by atoms with E-state index in [-0.39, 0.29) is 0 Å². The molecule has 0 spiro atoms. The van der Waals surface area contributed by atoms with Gasteiger partial charge in [0.15, 0.2) is 0 Å². The van der Waals surface area contributed by atoms with Crippen LogP contribution < -0.4 is 9.47 Å². The Morgan fingerprint density at radius 3 is 2.56 bits per heavy atom. The molecule has 1 saturated carbocycles. The predicted octanol–water partition coefficient (Wildman–Crippen LogP) is 3.32. The van der Waals surface area contributed by atoms with Crippen molar-refractivity contribution >= 4 is 0 Å². The van der Waals surface area contributed by atoms with Crippen LogP contribution in [0.1, 0.15) is 43.8 Å². The summed E-state index contributed by atoms with van der Waals surface area (Å²) in [5, 5.41) is 10.3. The summed E-state index contributed by atoms with van der Waals surface area (Å²) in [5.41, 5.74) is 0.866. The van der Waals surface area contributed by atoms with Crippen LogP contribution in [0.4, 0.5) is 0 Å². The van der Waals surface area contributed by atoms with E-state index in [2.05, 4.69) is 0 Å². The van der Waals surface area contributed by atoms with Crippen molar-refractivity contribution in [3.05, 3.63) is 23.8 Å². The highest BCUT2D eigenvalue weighted by atomic mass is 16.5. The third-order valence-electron chi connectivity index (χ3n) is 3.83. The van der Waals surface area contributed by atoms with Crippen molar-refractivity contribution in [2.24, 2.45) is 5.92 Å². The molecule has 1 unspecified atom stereocenters. The zero-order valence-corrected chi connectivity index (χ0v) is 11.2. The first-order chi connectivity index (χ1) is 8.74. The minimum Gasteiger partial charge on any atom is -0.497 e. The van der Waals surface area contributed by atoms with Crippen molar-refractivity contribution in [3.8, 4) is 11.5 Å². The molecule has 100 valence electrons. The molecular formula is C15H22O3. The van der Waals surface area contributed by atoms with Crippen LogP contribution in [0.5, 0.6) is 11.5 Å². The second-order valence-electron chi connectivity index (χ2n) is 5.01. The molecule has 3 heteroatoms. The molecule has 0 saturated heterocycles. The van der Waals surface area contributed by atoms with Crippen molar-refractivity contribution in [3.63, 3.8) is 0 Å². The normalized spacial score (nSPS) is 17.7. The number of hydrogen-bond acceptors (Lipinski definition) is 3. The third-order valence-corrected chi connectivity index (χ3v) is 3.83. The fourth-order valence-corrected chi connectivity index (χ4v) is 2.78. The Morgan fingerprint density at radius 1 is 1.22 bits per heavy atom. The summed E-state index contributed by atoms with van der Waals surface area (Å²) in [6.07, 6.45) is 5.50. The Balaban J connectivity index is 2.10. The van der Waals surface area contributed by atoms with E-state index >= 15 is 0 Å². The number of hydrogen-bond donors (Lipinski definition) is 1. The molecule has 0 heterocycles. The highest BCUT2D eigenvalue weighted by Crippen LogP contribution is 2.36. The van der Waals surface area contributed by atoms with Crippen LogP contribution in [0.15, 0.2) is 18.2 Å². The lowest BCUT2D eigenvalue weighted by Gasteiger charge is -2.18. The number of aliphatic hydroxyl groups excluding tert-OH is 1. The van der Waals surface area contributed by atoms with Gasteiger partial charge in [-0.2, -0.15) is 0 Å². The van der Waals surface area contributed by atoms with Crippen LogP contribution >= 0.6 is 0 Å². The van der Waals surface area contributed by atoms with Gasteiger partial charge in [-0.3, -0.25) is 0 Å². The predicted molar refractivity (Wildman–Crippen MR) is 71.1 cm³/mol. The highest BCUT2D eigenvalue weighted by Gasteiger charge is 2.22. The van der Waals surface area contributed by atoms with E-state index in [4.69, 9.17) is 9.47 Å². The molecule has 0 aliphatic heterocycles. The van der Waals surface area contributed by atoms with E-state index in [0.717, 1.165) is 17.7 Å². The van der Waals surface area contributed by atoms with E-state index in [9.17, 15) is 5.11 Å². The Morgan fingerprint density at radius 2 is 1.94 bits per heavy atom. The molecule has 3 nitrogen and oxygen atoms in total. The summed E-state index contributed by atoms with van der Waals surface area (Å²) in [6.45, 7) is 0. The maximum atomic E-state index is 10.3. The summed E-state index contributed by atoms with van der Waals surface area (Å²) < 4.78 is 10.5. The first-order valence-electron chi connectivity index (χ1n) is 6.64. The smallest absolute Gasteiger partial charge is 0.128 e. The molecule has 0 amide bonds. The van der Waals surface area contributed by atoms with Crippen LogP contribution in [0.25, 0.3) is 0 Å². The molecule has 2 rings (SSSR count). The molecule has 1 aliphatic carbocycles. The average Bonchev–Trinajstić information content (AvgIpc) is 2.90. The molecule has 1 atom stereocenters. The lowest BCUT2D eigenvalue weighted by atomic mass is 9.95. The monoisotopic (exact) mass is 250 g/mol. The zero-order chi connectivity index (χ0) is 13.0. The van der Waals surface area contributed by atoms with Gasteiger partial charge in [0.05, 0.1) is 20.3 Å². The Hall–Kier alpha value is -1.22. The van der Waals surface area contributed by atoms with Crippen LogP contribution in [-0.4, -0.2) is 19.3 Å². The fourth-order valence-electron chi connectivity index (χ4n) is 2.78. The summed E-state index contributed by atoms with van der Waals surface area (Å²) >= 11 is 0. The first-order valence-corrected chi connectivity index (χ1v) is 6.64. The van der Waals surface area contributed by atoms with Gasteiger partial charge in [0.1, 0.15) is 11.5 Å². The largest absolute Gasteiger partial charge is 0.497 e. The molecule has 1 fully saturated rings. The number of benzene rings is 1. The summed E-state index contributed by atoms with van der Waals surface area (Å²) in [5.74, 6) is 2.12. The Bertz CT molecular complexity index is 383. The SMILES string of the molecule is COc1ccc(C(O)CC2CCCC2)c(OC)c1. The molecule has 1 aliphatic rings. The van der Waals surface area contributed by atoms with E-state index in [1.807, 2.05) is 18.2 Å². The molecule has 1 aromatic carbocycles. The van der Waals surface area contributed by atoms with E-state index in [1.165, 1.54) is 25.7 Å². The van der Waals surface area contributed by atoms with Crippen molar-refractivity contribution in [2.45, 2.75) is 38.2 Å². The van der Waals surface area contributed by atoms with Crippen molar-refractivity contribution in [2.75, 3.05) is 14.2 Å². The summed E-state index contributed by atoms with van der Waals surface area (Å²) in [6, 6.07) is 5.60. The van der Waals surface area contributed by atoms with Crippen LogP contribution in [0.2, 0.25) is 0 Å². The lowest BCUT2D eigenvalue weighted by Crippen LogP contribution is -2.06. The molecule has 18 heavy (non-hydrogen) atoms. The van der Waals surface area contributed by atoms with Gasteiger partial charge in [-0.1, -0.05) is 25.7 Å². The maximum Gasteiger partial charge on any atom is 0.128 e. The van der Waals surface area contributed by atoms with E-state index < -0.39 is 6.10 Å². The number of rotatable bonds is 5. The summed E-state index contributed by atoms with van der Waals surface area (Å²) in [7, 11) is 3.25.